The van der Waals surface area contributed by atoms with Crippen LogP contribution in [-0.4, -0.2) is 43.0 Å². The van der Waals surface area contributed by atoms with Gasteiger partial charge in [0.1, 0.15) is 5.25 Å². The molecule has 3 heterocycles. The van der Waals surface area contributed by atoms with Crippen molar-refractivity contribution in [1.82, 2.24) is 20.3 Å². The van der Waals surface area contributed by atoms with Crippen molar-refractivity contribution in [2.24, 2.45) is 5.10 Å². The Morgan fingerprint density at radius 1 is 1.09 bits per heavy atom. The molecule has 32 heavy (non-hydrogen) atoms. The van der Waals surface area contributed by atoms with Gasteiger partial charge in [-0.15, -0.1) is 0 Å². The number of imide groups is 1. The van der Waals surface area contributed by atoms with E-state index in [1.165, 1.54) is 5.01 Å². The van der Waals surface area contributed by atoms with E-state index < -0.39 is 16.4 Å². The Hall–Kier alpha value is -3.59. The van der Waals surface area contributed by atoms with Crippen LogP contribution >= 0.6 is 11.8 Å². The minimum Gasteiger partial charge on any atom is -0.286 e. The molecule has 1 saturated heterocycles. The summed E-state index contributed by atoms with van der Waals surface area (Å²) in [6.45, 7) is 2.01. The Morgan fingerprint density at radius 2 is 1.84 bits per heavy atom. The van der Waals surface area contributed by atoms with Crippen LogP contribution in [-0.2, 0) is 9.59 Å². The van der Waals surface area contributed by atoms with Crippen molar-refractivity contribution >= 4 is 45.6 Å². The first-order valence-corrected chi connectivity index (χ1v) is 11.0. The Labute approximate surface area is 188 Å². The molecule has 1 N–H and O–H groups in total. The molecule has 1 fully saturated rings. The SMILES string of the molecule is Cc1ccc(C2=NN(C(=O)CC3SC(=O)NC3=O)C(c3ccc4nccnc4c3)C2)cc1. The molecule has 2 aliphatic rings. The van der Waals surface area contributed by atoms with E-state index in [0.29, 0.717) is 6.42 Å². The normalized spacial score (nSPS) is 20.5. The number of aryl methyl sites for hydroxylation is 1. The van der Waals surface area contributed by atoms with Gasteiger partial charge in [-0.05, 0) is 30.2 Å². The Morgan fingerprint density at radius 3 is 2.56 bits per heavy atom. The van der Waals surface area contributed by atoms with Gasteiger partial charge in [0.15, 0.2) is 0 Å². The summed E-state index contributed by atoms with van der Waals surface area (Å²) in [6, 6.07) is 13.4. The summed E-state index contributed by atoms with van der Waals surface area (Å²) in [5.41, 5.74) is 5.26. The summed E-state index contributed by atoms with van der Waals surface area (Å²) < 4.78 is 0. The average molecular weight is 446 g/mol. The van der Waals surface area contributed by atoms with Crippen LogP contribution in [0.1, 0.15) is 35.6 Å². The molecule has 1 aromatic heterocycles. The first-order chi connectivity index (χ1) is 15.5. The highest BCUT2D eigenvalue weighted by molar-refractivity contribution is 8.15. The molecule has 8 nitrogen and oxygen atoms in total. The molecule has 2 atom stereocenters. The zero-order valence-electron chi connectivity index (χ0n) is 17.2. The van der Waals surface area contributed by atoms with Gasteiger partial charge in [-0.25, -0.2) is 5.01 Å². The highest BCUT2D eigenvalue weighted by Crippen LogP contribution is 2.35. The van der Waals surface area contributed by atoms with E-state index in [9.17, 15) is 14.4 Å². The first kappa shape index (κ1) is 20.3. The third-order valence-corrected chi connectivity index (χ3v) is 6.54. The van der Waals surface area contributed by atoms with E-state index >= 15 is 0 Å². The zero-order chi connectivity index (χ0) is 22.2. The fraction of sp³-hybridized carbons (Fsp3) is 0.217. The van der Waals surface area contributed by atoms with Crippen molar-refractivity contribution in [2.75, 3.05) is 0 Å². The minimum absolute atomic E-state index is 0.100. The molecule has 0 spiro atoms. The number of nitrogens with one attached hydrogen (secondary N) is 1. The monoisotopic (exact) mass is 445 g/mol. The van der Waals surface area contributed by atoms with Crippen molar-refractivity contribution in [3.8, 4) is 0 Å². The van der Waals surface area contributed by atoms with Crippen LogP contribution in [0.15, 0.2) is 60.0 Å². The average Bonchev–Trinajstić information content (AvgIpc) is 3.37. The molecule has 0 saturated carbocycles. The van der Waals surface area contributed by atoms with Crippen LogP contribution in [0.2, 0.25) is 0 Å². The Bertz CT molecular complexity index is 1270. The van der Waals surface area contributed by atoms with Gasteiger partial charge in [0, 0.05) is 25.2 Å². The third-order valence-electron chi connectivity index (χ3n) is 5.56. The number of fused-ring (bicyclic) bond motifs is 1. The molecule has 3 amide bonds. The molecule has 2 aromatic carbocycles. The van der Waals surface area contributed by atoms with E-state index in [-0.39, 0.29) is 18.4 Å². The number of carbonyl (C=O) groups is 3. The number of aromatic nitrogens is 2. The lowest BCUT2D eigenvalue weighted by Crippen LogP contribution is -2.32. The van der Waals surface area contributed by atoms with Crippen LogP contribution in [0.4, 0.5) is 4.79 Å². The van der Waals surface area contributed by atoms with Crippen molar-refractivity contribution in [1.29, 1.82) is 0 Å². The summed E-state index contributed by atoms with van der Waals surface area (Å²) in [4.78, 5) is 45.4. The fourth-order valence-corrected chi connectivity index (χ4v) is 4.70. The number of thioether (sulfide) groups is 1. The smallest absolute Gasteiger partial charge is 0.286 e. The maximum atomic E-state index is 13.2. The zero-order valence-corrected chi connectivity index (χ0v) is 18.0. The summed E-state index contributed by atoms with van der Waals surface area (Å²) in [5.74, 6) is -0.744. The van der Waals surface area contributed by atoms with Gasteiger partial charge in [-0.3, -0.25) is 29.7 Å². The van der Waals surface area contributed by atoms with E-state index in [0.717, 1.165) is 45.2 Å². The number of carbonyl (C=O) groups excluding carboxylic acids is 3. The maximum Gasteiger partial charge on any atom is 0.286 e. The molecule has 2 aliphatic heterocycles. The van der Waals surface area contributed by atoms with Gasteiger partial charge in [-0.2, -0.15) is 5.10 Å². The predicted octanol–water partition coefficient (Wildman–Crippen LogP) is 3.36. The molecule has 160 valence electrons. The van der Waals surface area contributed by atoms with Crippen LogP contribution in [0.5, 0.6) is 0 Å². The lowest BCUT2D eigenvalue weighted by atomic mass is 9.97. The first-order valence-electron chi connectivity index (χ1n) is 10.2. The molecular weight excluding hydrogens is 426 g/mol. The van der Waals surface area contributed by atoms with Gasteiger partial charge in [0.25, 0.3) is 5.24 Å². The van der Waals surface area contributed by atoms with Gasteiger partial charge < -0.3 is 0 Å². The van der Waals surface area contributed by atoms with Gasteiger partial charge >= 0.3 is 0 Å². The van der Waals surface area contributed by atoms with Gasteiger partial charge in [0.2, 0.25) is 11.8 Å². The number of nitrogens with zero attached hydrogens (tertiary/aromatic N) is 4. The number of hydrogen-bond donors (Lipinski definition) is 1. The van der Waals surface area contributed by atoms with Gasteiger partial charge in [-0.1, -0.05) is 47.7 Å². The largest absolute Gasteiger partial charge is 0.286 e. The molecule has 9 heteroatoms. The van der Waals surface area contributed by atoms with Crippen molar-refractivity contribution in [3.63, 3.8) is 0 Å². The number of benzene rings is 2. The molecule has 0 aliphatic carbocycles. The Balaban J connectivity index is 1.48. The third kappa shape index (κ3) is 3.87. The second kappa shape index (κ2) is 8.16. The van der Waals surface area contributed by atoms with E-state index in [4.69, 9.17) is 0 Å². The van der Waals surface area contributed by atoms with Crippen LogP contribution in [0.3, 0.4) is 0 Å². The number of amides is 3. The Kier molecular flexibility index (Phi) is 5.18. The molecule has 0 radical (unpaired) electrons. The fourth-order valence-electron chi connectivity index (χ4n) is 3.89. The molecular formula is C23H19N5O3S. The lowest BCUT2D eigenvalue weighted by molar-refractivity contribution is -0.134. The van der Waals surface area contributed by atoms with Crippen molar-refractivity contribution in [2.45, 2.75) is 31.1 Å². The van der Waals surface area contributed by atoms with E-state index in [1.807, 2.05) is 49.4 Å². The van der Waals surface area contributed by atoms with Gasteiger partial charge in [0.05, 0.1) is 22.8 Å². The van der Waals surface area contributed by atoms with Crippen LogP contribution < -0.4 is 5.32 Å². The second-order valence-corrected chi connectivity index (χ2v) is 8.94. The highest BCUT2D eigenvalue weighted by atomic mass is 32.2. The van der Waals surface area contributed by atoms with E-state index in [1.54, 1.807) is 12.4 Å². The number of hydrazone groups is 1. The quantitative estimate of drug-likeness (QED) is 0.660. The summed E-state index contributed by atoms with van der Waals surface area (Å²) >= 11 is 0.845. The molecule has 0 bridgehead atoms. The standard InChI is InChI=1S/C23H19N5O3S/c1-13-2-4-14(5-3-13)17-11-19(15-6-7-16-18(10-15)25-9-8-24-16)28(27-17)21(29)12-20-22(30)26-23(31)32-20/h2-10,19-20H,11-12H2,1H3,(H,26,30,31). The van der Waals surface area contributed by atoms with Crippen molar-refractivity contribution in [3.05, 3.63) is 71.5 Å². The maximum absolute atomic E-state index is 13.2. The summed E-state index contributed by atoms with van der Waals surface area (Å²) in [6.07, 6.45) is 3.70. The molecule has 2 unspecified atom stereocenters. The molecule has 3 aromatic rings. The summed E-state index contributed by atoms with van der Waals surface area (Å²) in [7, 11) is 0. The second-order valence-electron chi connectivity index (χ2n) is 7.76. The minimum atomic E-state index is -0.739. The highest BCUT2D eigenvalue weighted by Gasteiger charge is 2.38. The predicted molar refractivity (Wildman–Crippen MR) is 121 cm³/mol. The number of hydrogen-bond acceptors (Lipinski definition) is 7. The van der Waals surface area contributed by atoms with Crippen LogP contribution in [0, 0.1) is 6.92 Å². The molecule has 5 rings (SSSR count). The van der Waals surface area contributed by atoms with Crippen molar-refractivity contribution < 1.29 is 14.4 Å². The topological polar surface area (TPSA) is 105 Å². The lowest BCUT2D eigenvalue weighted by Gasteiger charge is -2.23. The number of rotatable bonds is 4. The van der Waals surface area contributed by atoms with Crippen LogP contribution in [0.25, 0.3) is 11.0 Å². The van der Waals surface area contributed by atoms with E-state index in [2.05, 4.69) is 20.4 Å². The summed E-state index contributed by atoms with van der Waals surface area (Å²) in [5, 5.41) is 7.16.